The molecule has 2 atom stereocenters. The molecule has 0 radical (unpaired) electrons. The summed E-state index contributed by atoms with van der Waals surface area (Å²) in [6.45, 7) is 1.47. The summed E-state index contributed by atoms with van der Waals surface area (Å²) in [7, 11) is 0. The summed E-state index contributed by atoms with van der Waals surface area (Å²) in [5, 5.41) is 19.1. The maximum atomic E-state index is 13.2. The average Bonchev–Trinajstić information content (AvgIpc) is 3.18. The number of nitrogens with zero attached hydrogens (tertiary/aromatic N) is 3. The van der Waals surface area contributed by atoms with E-state index in [0.29, 0.717) is 43.0 Å². The lowest BCUT2D eigenvalue weighted by Gasteiger charge is -2.47. The lowest BCUT2D eigenvalue weighted by atomic mass is 10.0. The van der Waals surface area contributed by atoms with E-state index in [1.165, 1.54) is 16.7 Å². The fourth-order valence-corrected chi connectivity index (χ4v) is 5.92. The van der Waals surface area contributed by atoms with Crippen LogP contribution in [0, 0.1) is 0 Å². The van der Waals surface area contributed by atoms with Gasteiger partial charge in [0.05, 0.1) is 0 Å². The van der Waals surface area contributed by atoms with Crippen LogP contribution in [0.1, 0.15) is 17.7 Å². The lowest BCUT2D eigenvalue weighted by molar-refractivity contribution is -0.696. The molecule has 0 unspecified atom stereocenters. The van der Waals surface area contributed by atoms with Crippen molar-refractivity contribution in [1.82, 2.24) is 9.80 Å². The number of carbonyl (C=O) groups is 3. The molecule has 9 nitrogen and oxygen atoms in total. The van der Waals surface area contributed by atoms with E-state index in [-0.39, 0.29) is 22.7 Å². The number of carboxylic acids is 1. The van der Waals surface area contributed by atoms with Crippen LogP contribution in [0.4, 0.5) is 0 Å². The van der Waals surface area contributed by atoms with Gasteiger partial charge in [0.2, 0.25) is 17.5 Å². The second-order valence-electron chi connectivity index (χ2n) is 8.75. The number of β-lactam (4-membered cyclic amide) rings is 1. The summed E-state index contributed by atoms with van der Waals surface area (Å²) in [6.07, 6.45) is 4.07. The van der Waals surface area contributed by atoms with E-state index in [2.05, 4.69) is 0 Å². The van der Waals surface area contributed by atoms with Crippen LogP contribution in [0.15, 0.2) is 71.6 Å². The number of carbonyl (C=O) groups excluding carboxylic acids is 2. The van der Waals surface area contributed by atoms with Crippen LogP contribution in [0.2, 0.25) is 0 Å². The second kappa shape index (κ2) is 9.20. The molecule has 1 aromatic carbocycles. The van der Waals surface area contributed by atoms with Crippen LogP contribution in [0.5, 0.6) is 5.75 Å². The van der Waals surface area contributed by atoms with Gasteiger partial charge >= 0.3 is 5.97 Å². The molecule has 3 aliphatic heterocycles. The molecule has 4 heterocycles. The van der Waals surface area contributed by atoms with Gasteiger partial charge in [0.15, 0.2) is 12.7 Å². The number of carboxylic acid groups (broad SMARTS) is 1. The van der Waals surface area contributed by atoms with Gasteiger partial charge in [-0.3, -0.25) is 14.5 Å². The van der Waals surface area contributed by atoms with E-state index in [4.69, 9.17) is 5.73 Å². The Hall–Kier alpha value is -3.63. The third-order valence-corrected chi connectivity index (χ3v) is 7.78. The predicted molar refractivity (Wildman–Crippen MR) is 128 cm³/mol. The Balaban J connectivity index is 1.35. The van der Waals surface area contributed by atoms with Gasteiger partial charge in [-0.25, -0.2) is 4.79 Å². The molecule has 3 aliphatic rings. The fraction of sp³-hybridized carbons (Fsp3) is 0.280. The summed E-state index contributed by atoms with van der Waals surface area (Å²) in [5.74, 6) is -1.16. The zero-order valence-electron chi connectivity index (χ0n) is 18.8. The van der Waals surface area contributed by atoms with E-state index in [1.807, 2.05) is 35.0 Å². The van der Waals surface area contributed by atoms with Crippen LogP contribution in [0.25, 0.3) is 0 Å². The van der Waals surface area contributed by atoms with Crippen molar-refractivity contribution in [3.63, 3.8) is 0 Å². The first-order valence-corrected chi connectivity index (χ1v) is 12.3. The molecule has 1 aromatic heterocycles. The smallest absolute Gasteiger partial charge is 0.352 e. The SMILES string of the molecule is N[C@@H]1C(=O)N2C(C(=O)O)=C(C=C3CCN(Cc4cccc[n+]4Cc4cccc(O)c4)C3=O)CS[C@H]12. The number of allylic oxidation sites excluding steroid dienone is 1. The highest BCUT2D eigenvalue weighted by molar-refractivity contribution is 8.00. The lowest BCUT2D eigenvalue weighted by Crippen LogP contribution is -2.68. The predicted octanol–water partition coefficient (Wildman–Crippen LogP) is 0.968. The van der Waals surface area contributed by atoms with E-state index in [0.717, 1.165) is 11.3 Å². The van der Waals surface area contributed by atoms with Gasteiger partial charge in [0, 0.05) is 35.6 Å². The van der Waals surface area contributed by atoms with Crippen molar-refractivity contribution >= 4 is 29.5 Å². The van der Waals surface area contributed by atoms with Gasteiger partial charge in [-0.2, -0.15) is 4.57 Å². The Bertz CT molecular complexity index is 1290. The molecule has 10 heteroatoms. The molecular formula is C25H25N4O5S+. The first-order chi connectivity index (χ1) is 16.8. The minimum atomic E-state index is -1.19. The Morgan fingerprint density at radius 3 is 2.83 bits per heavy atom. The molecule has 2 aromatic rings. The van der Waals surface area contributed by atoms with Crippen LogP contribution >= 0.6 is 11.8 Å². The van der Waals surface area contributed by atoms with Crippen molar-refractivity contribution in [1.29, 1.82) is 0 Å². The third-order valence-electron chi connectivity index (χ3n) is 6.45. The number of thioether (sulfide) groups is 1. The number of hydrogen-bond donors (Lipinski definition) is 3. The van der Waals surface area contributed by atoms with Crippen LogP contribution < -0.4 is 10.3 Å². The van der Waals surface area contributed by atoms with Gasteiger partial charge < -0.3 is 20.8 Å². The molecule has 2 saturated heterocycles. The number of benzene rings is 1. The highest BCUT2D eigenvalue weighted by Gasteiger charge is 2.51. The van der Waals surface area contributed by atoms with Crippen LogP contribution in [0.3, 0.4) is 0 Å². The number of aromatic hydroxyl groups is 1. The van der Waals surface area contributed by atoms with Gasteiger partial charge in [-0.1, -0.05) is 18.2 Å². The minimum absolute atomic E-state index is 0.0776. The summed E-state index contributed by atoms with van der Waals surface area (Å²) in [5.41, 5.74) is 8.61. The normalized spacial score (nSPS) is 23.1. The number of phenolic OH excluding ortho intramolecular Hbond substituents is 1. The molecule has 0 bridgehead atoms. The molecule has 180 valence electrons. The first-order valence-electron chi connectivity index (χ1n) is 11.3. The van der Waals surface area contributed by atoms with Crippen molar-refractivity contribution in [2.45, 2.75) is 30.9 Å². The van der Waals surface area contributed by atoms with Crippen molar-refractivity contribution < 1.29 is 29.2 Å². The van der Waals surface area contributed by atoms with Gasteiger partial charge in [-0.05, 0) is 30.2 Å². The van der Waals surface area contributed by atoms with Gasteiger partial charge in [-0.15, -0.1) is 11.8 Å². The monoisotopic (exact) mass is 493 g/mol. The number of rotatable bonds is 6. The molecule has 0 saturated carbocycles. The maximum absolute atomic E-state index is 13.2. The van der Waals surface area contributed by atoms with Gasteiger partial charge in [0.1, 0.15) is 29.4 Å². The Labute approximate surface area is 206 Å². The molecule has 0 aliphatic carbocycles. The zero-order chi connectivity index (χ0) is 24.7. The third kappa shape index (κ3) is 4.30. The molecule has 2 fully saturated rings. The minimum Gasteiger partial charge on any atom is -0.508 e. The number of phenols is 1. The number of likely N-dealkylation sites (tertiary alicyclic amines) is 1. The Morgan fingerprint density at radius 1 is 1.23 bits per heavy atom. The molecule has 35 heavy (non-hydrogen) atoms. The molecule has 0 spiro atoms. The summed E-state index contributed by atoms with van der Waals surface area (Å²) in [6, 6.07) is 12.2. The van der Waals surface area contributed by atoms with E-state index in [9.17, 15) is 24.6 Å². The fourth-order valence-electron chi connectivity index (χ4n) is 4.67. The molecule has 4 N–H and O–H groups in total. The number of nitrogens with two attached hydrogens (primary N) is 1. The standard InChI is InChI=1S/C25H24N4O5S/c26-20-23(32)29-21(25(33)34)17(14-35-24(20)29)11-16-7-9-28(22(16)31)13-18-5-1-2-8-27(18)12-15-4-3-6-19(30)10-15/h1-6,8,10-11,20,24H,7,9,12-14,26H2,(H-,30,33,34)/p+1/t20-,24-/m1/s1. The Morgan fingerprint density at radius 2 is 2.06 bits per heavy atom. The number of fused-ring (bicyclic) bond motifs is 1. The zero-order valence-corrected chi connectivity index (χ0v) is 19.6. The number of aromatic nitrogens is 1. The number of hydrogen-bond acceptors (Lipinski definition) is 6. The van der Waals surface area contributed by atoms with Crippen molar-refractivity contribution in [3.05, 3.63) is 82.8 Å². The van der Waals surface area contributed by atoms with E-state index >= 15 is 0 Å². The number of aliphatic carboxylic acids is 1. The highest BCUT2D eigenvalue weighted by atomic mass is 32.2. The summed E-state index contributed by atoms with van der Waals surface area (Å²) < 4.78 is 2.03. The maximum Gasteiger partial charge on any atom is 0.352 e. The molecule has 5 rings (SSSR count). The largest absolute Gasteiger partial charge is 0.508 e. The summed E-state index contributed by atoms with van der Waals surface area (Å²) >= 11 is 1.41. The molecular weight excluding hydrogens is 468 g/mol. The van der Waals surface area contributed by atoms with E-state index < -0.39 is 17.9 Å². The Kier molecular flexibility index (Phi) is 6.08. The molecule has 2 amide bonds. The quantitative estimate of drug-likeness (QED) is 0.311. The van der Waals surface area contributed by atoms with Crippen molar-refractivity contribution in [2.24, 2.45) is 5.73 Å². The van der Waals surface area contributed by atoms with Crippen molar-refractivity contribution in [3.8, 4) is 5.75 Å². The van der Waals surface area contributed by atoms with Crippen LogP contribution in [-0.4, -0.2) is 61.5 Å². The number of pyridine rings is 1. The topological polar surface area (TPSA) is 128 Å². The highest BCUT2D eigenvalue weighted by Crippen LogP contribution is 2.40. The summed E-state index contributed by atoms with van der Waals surface area (Å²) in [4.78, 5) is 40.3. The van der Waals surface area contributed by atoms with Gasteiger partial charge in [0.25, 0.3) is 0 Å². The second-order valence-corrected chi connectivity index (χ2v) is 9.86. The van der Waals surface area contributed by atoms with Crippen LogP contribution in [-0.2, 0) is 27.5 Å². The average molecular weight is 494 g/mol. The number of amides is 2. The van der Waals surface area contributed by atoms with E-state index in [1.54, 1.807) is 29.2 Å². The first kappa shape index (κ1) is 23.1. The van der Waals surface area contributed by atoms with Crippen molar-refractivity contribution in [2.75, 3.05) is 12.3 Å².